The van der Waals surface area contributed by atoms with Crippen molar-refractivity contribution in [3.05, 3.63) is 0 Å². The van der Waals surface area contributed by atoms with Gasteiger partial charge in [-0.15, -0.1) is 0 Å². The maximum absolute atomic E-state index is 11.6. The van der Waals surface area contributed by atoms with Crippen molar-refractivity contribution in [1.29, 1.82) is 0 Å². The summed E-state index contributed by atoms with van der Waals surface area (Å²) in [5.41, 5.74) is 0. The van der Waals surface area contributed by atoms with Gasteiger partial charge in [0, 0.05) is 13.5 Å². The molecular weight excluding hydrogens is 208 g/mol. The van der Waals surface area contributed by atoms with Crippen molar-refractivity contribution in [2.45, 2.75) is 51.1 Å². The molecule has 0 radical (unpaired) electrons. The summed E-state index contributed by atoms with van der Waals surface area (Å²) in [5.74, 6) is 0.0853. The van der Waals surface area contributed by atoms with Gasteiger partial charge in [0.25, 0.3) is 0 Å². The highest BCUT2D eigenvalue weighted by atomic mass is 16.8. The molecule has 2 rings (SSSR count). The third-order valence-corrected chi connectivity index (χ3v) is 3.56. The molecule has 1 spiro atoms. The molecule has 0 aromatic rings. The summed E-state index contributed by atoms with van der Waals surface area (Å²) >= 11 is 0. The Balaban J connectivity index is 1.99. The molecule has 0 unspecified atom stereocenters. The molecule has 2 aliphatic rings. The van der Waals surface area contributed by atoms with Gasteiger partial charge in [-0.05, 0) is 12.3 Å². The van der Waals surface area contributed by atoms with Gasteiger partial charge < -0.3 is 14.2 Å². The second-order valence-corrected chi connectivity index (χ2v) is 4.74. The van der Waals surface area contributed by atoms with Gasteiger partial charge in [-0.3, -0.25) is 4.79 Å². The summed E-state index contributed by atoms with van der Waals surface area (Å²) in [6, 6.07) is 0. The van der Waals surface area contributed by atoms with Crippen LogP contribution in [0, 0.1) is 5.92 Å². The first kappa shape index (κ1) is 12.0. The molecule has 4 heteroatoms. The predicted octanol–water partition coefficient (Wildman–Crippen LogP) is 1.87. The molecule has 0 aromatic heterocycles. The van der Waals surface area contributed by atoms with Crippen LogP contribution in [0.2, 0.25) is 0 Å². The maximum Gasteiger partial charge on any atom is 0.178 e. The van der Waals surface area contributed by atoms with Gasteiger partial charge in [0.05, 0.1) is 19.4 Å². The van der Waals surface area contributed by atoms with E-state index in [4.69, 9.17) is 14.2 Å². The summed E-state index contributed by atoms with van der Waals surface area (Å²) < 4.78 is 16.7. The van der Waals surface area contributed by atoms with Crippen LogP contribution in [0.3, 0.4) is 0 Å². The lowest BCUT2D eigenvalue weighted by atomic mass is 9.90. The zero-order chi connectivity index (χ0) is 11.6. The van der Waals surface area contributed by atoms with E-state index >= 15 is 0 Å². The van der Waals surface area contributed by atoms with E-state index in [2.05, 4.69) is 6.92 Å². The second kappa shape index (κ2) is 4.82. The lowest BCUT2D eigenvalue weighted by Gasteiger charge is -2.43. The van der Waals surface area contributed by atoms with Crippen LogP contribution in [0.1, 0.15) is 39.0 Å². The van der Waals surface area contributed by atoms with Crippen molar-refractivity contribution in [3.8, 4) is 0 Å². The van der Waals surface area contributed by atoms with Gasteiger partial charge >= 0.3 is 0 Å². The molecule has 92 valence electrons. The van der Waals surface area contributed by atoms with Crippen molar-refractivity contribution in [2.75, 3.05) is 13.7 Å². The lowest BCUT2D eigenvalue weighted by molar-refractivity contribution is -0.332. The maximum atomic E-state index is 11.6. The van der Waals surface area contributed by atoms with Gasteiger partial charge in [0.2, 0.25) is 0 Å². The zero-order valence-electron chi connectivity index (χ0n) is 10.0. The molecule has 2 aliphatic heterocycles. The molecule has 16 heavy (non-hydrogen) atoms. The first-order chi connectivity index (χ1) is 7.67. The highest BCUT2D eigenvalue weighted by Crippen LogP contribution is 2.38. The monoisotopic (exact) mass is 228 g/mol. The minimum Gasteiger partial charge on any atom is -0.355 e. The van der Waals surface area contributed by atoms with Crippen LogP contribution in [-0.2, 0) is 19.0 Å². The molecule has 0 aliphatic carbocycles. The van der Waals surface area contributed by atoms with Gasteiger partial charge in [0.15, 0.2) is 12.1 Å². The number of hydrogen-bond donors (Lipinski definition) is 0. The smallest absolute Gasteiger partial charge is 0.178 e. The Labute approximate surface area is 96.2 Å². The van der Waals surface area contributed by atoms with Crippen LogP contribution in [-0.4, -0.2) is 31.6 Å². The van der Waals surface area contributed by atoms with E-state index in [0.29, 0.717) is 25.4 Å². The van der Waals surface area contributed by atoms with E-state index in [1.807, 2.05) is 0 Å². The molecular formula is C12H20O4. The molecule has 0 aromatic carbocycles. The Hall–Kier alpha value is -0.450. The average molecular weight is 228 g/mol. The fraction of sp³-hybridized carbons (Fsp3) is 0.917. The third-order valence-electron chi connectivity index (χ3n) is 3.56. The number of carbonyl (C=O) groups excluding carboxylic acids is 1. The Morgan fingerprint density at radius 1 is 1.56 bits per heavy atom. The first-order valence-corrected chi connectivity index (χ1v) is 6.04. The quantitative estimate of drug-likeness (QED) is 0.723. The second-order valence-electron chi connectivity index (χ2n) is 4.74. The molecule has 2 saturated heterocycles. The minimum atomic E-state index is -0.693. The van der Waals surface area contributed by atoms with Gasteiger partial charge in [0.1, 0.15) is 5.78 Å². The predicted molar refractivity (Wildman–Crippen MR) is 57.8 cm³/mol. The van der Waals surface area contributed by atoms with Crippen LogP contribution in [0.4, 0.5) is 0 Å². The van der Waals surface area contributed by atoms with Crippen LogP contribution in [0.5, 0.6) is 0 Å². The zero-order valence-corrected chi connectivity index (χ0v) is 10.0. The number of carbonyl (C=O) groups is 1. The van der Waals surface area contributed by atoms with Crippen LogP contribution >= 0.6 is 0 Å². The van der Waals surface area contributed by atoms with Crippen LogP contribution < -0.4 is 0 Å². The first-order valence-electron chi connectivity index (χ1n) is 6.04. The summed E-state index contributed by atoms with van der Waals surface area (Å²) in [4.78, 5) is 11.6. The highest BCUT2D eigenvalue weighted by Gasteiger charge is 2.44. The fourth-order valence-electron chi connectivity index (χ4n) is 2.42. The highest BCUT2D eigenvalue weighted by molar-refractivity contribution is 5.80. The SMILES string of the molecule is CC[C@@H]1CC[C@]2(CC(=O)C[C@@H](OC)O2)OC1. The fourth-order valence-corrected chi connectivity index (χ4v) is 2.42. The van der Waals surface area contributed by atoms with E-state index in [9.17, 15) is 4.79 Å². The molecule has 0 saturated carbocycles. The van der Waals surface area contributed by atoms with Gasteiger partial charge in [-0.1, -0.05) is 13.3 Å². The number of rotatable bonds is 2. The van der Waals surface area contributed by atoms with E-state index < -0.39 is 12.1 Å². The normalized spacial score (nSPS) is 40.2. The number of ketones is 1. The van der Waals surface area contributed by atoms with Crippen molar-refractivity contribution in [2.24, 2.45) is 5.92 Å². The van der Waals surface area contributed by atoms with Crippen LogP contribution in [0.15, 0.2) is 0 Å². The summed E-state index contributed by atoms with van der Waals surface area (Å²) in [7, 11) is 1.56. The lowest BCUT2D eigenvalue weighted by Crippen LogP contribution is -2.50. The molecule has 2 heterocycles. The van der Waals surface area contributed by atoms with Crippen molar-refractivity contribution in [3.63, 3.8) is 0 Å². The summed E-state index contributed by atoms with van der Waals surface area (Å²) in [6.07, 6.45) is 3.29. The van der Waals surface area contributed by atoms with Gasteiger partial charge in [-0.25, -0.2) is 0 Å². The third kappa shape index (κ3) is 2.44. The van der Waals surface area contributed by atoms with Crippen LogP contribution in [0.25, 0.3) is 0 Å². The Morgan fingerprint density at radius 3 is 2.94 bits per heavy atom. The molecule has 4 nitrogen and oxygen atoms in total. The standard InChI is InChI=1S/C12H20O4/c1-3-9-4-5-12(15-8-9)7-10(13)6-11(14-2)16-12/h9,11H,3-8H2,1-2H3/t9-,11+,12+/m1/s1. The topological polar surface area (TPSA) is 44.8 Å². The van der Waals surface area contributed by atoms with E-state index in [0.717, 1.165) is 19.3 Å². The molecule has 2 fully saturated rings. The number of ether oxygens (including phenoxy) is 3. The molecule has 0 N–H and O–H groups in total. The van der Waals surface area contributed by atoms with E-state index in [-0.39, 0.29) is 5.78 Å². The Morgan fingerprint density at radius 2 is 2.38 bits per heavy atom. The Kier molecular flexibility index (Phi) is 3.62. The molecule has 0 bridgehead atoms. The van der Waals surface area contributed by atoms with E-state index in [1.165, 1.54) is 0 Å². The molecule has 3 atom stereocenters. The van der Waals surface area contributed by atoms with Crippen molar-refractivity contribution in [1.82, 2.24) is 0 Å². The molecule has 0 amide bonds. The summed E-state index contributed by atoms with van der Waals surface area (Å²) in [6.45, 7) is 2.86. The van der Waals surface area contributed by atoms with E-state index in [1.54, 1.807) is 7.11 Å². The minimum absolute atomic E-state index is 0.174. The largest absolute Gasteiger partial charge is 0.355 e. The number of hydrogen-bond acceptors (Lipinski definition) is 4. The average Bonchev–Trinajstić information content (AvgIpc) is 2.29. The van der Waals surface area contributed by atoms with Crippen molar-refractivity contribution < 1.29 is 19.0 Å². The number of methoxy groups -OCH3 is 1. The van der Waals surface area contributed by atoms with Crippen molar-refractivity contribution >= 4 is 5.78 Å². The summed E-state index contributed by atoms with van der Waals surface area (Å²) in [5, 5.41) is 0. The number of Topliss-reactive ketones (excluding diaryl/α,β-unsaturated/α-hetero) is 1. The van der Waals surface area contributed by atoms with Gasteiger partial charge in [-0.2, -0.15) is 0 Å². The Bertz CT molecular complexity index is 256.